The quantitative estimate of drug-likeness (QED) is 0.443. The Bertz CT molecular complexity index is 1330. The maximum absolute atomic E-state index is 13.2. The molecule has 0 saturated heterocycles. The third kappa shape index (κ3) is 3.80. The number of aromatic amines is 1. The Hall–Kier alpha value is -3.92. The Balaban J connectivity index is 1.34. The summed E-state index contributed by atoms with van der Waals surface area (Å²) >= 11 is 0. The highest BCUT2D eigenvalue weighted by atomic mass is 19.1. The molecule has 4 heteroatoms. The number of amides is 1. The zero-order chi connectivity index (χ0) is 21.2. The SMILES string of the molecule is O=C(NCCc1c[nH]c2ccccc12)C1=C/C(=C\c2ccc(F)cc2)c2ccccc21. The fourth-order valence-electron chi connectivity index (χ4n) is 4.07. The summed E-state index contributed by atoms with van der Waals surface area (Å²) in [6, 6.07) is 22.4. The first-order valence-corrected chi connectivity index (χ1v) is 10.3. The molecule has 0 aliphatic heterocycles. The molecule has 5 rings (SSSR count). The van der Waals surface area contributed by atoms with Crippen LogP contribution in [0.2, 0.25) is 0 Å². The molecular formula is C27H21FN2O. The molecule has 2 N–H and O–H groups in total. The average molecular weight is 408 g/mol. The summed E-state index contributed by atoms with van der Waals surface area (Å²) in [5.74, 6) is -0.352. The van der Waals surface area contributed by atoms with E-state index in [-0.39, 0.29) is 11.7 Å². The number of allylic oxidation sites excluding steroid dienone is 2. The van der Waals surface area contributed by atoms with Crippen LogP contribution in [0.15, 0.2) is 85.1 Å². The van der Waals surface area contributed by atoms with Gasteiger partial charge in [0.2, 0.25) is 0 Å². The zero-order valence-corrected chi connectivity index (χ0v) is 16.9. The van der Waals surface area contributed by atoms with Gasteiger partial charge in [0, 0.05) is 29.2 Å². The molecule has 3 aromatic carbocycles. The Kier molecular flexibility index (Phi) is 4.97. The van der Waals surface area contributed by atoms with Gasteiger partial charge in [0.1, 0.15) is 5.82 Å². The molecule has 1 amide bonds. The van der Waals surface area contributed by atoms with E-state index in [4.69, 9.17) is 0 Å². The molecule has 0 bridgehead atoms. The lowest BCUT2D eigenvalue weighted by molar-refractivity contribution is -0.115. The first-order valence-electron chi connectivity index (χ1n) is 10.3. The predicted molar refractivity (Wildman–Crippen MR) is 124 cm³/mol. The molecule has 1 aromatic heterocycles. The molecule has 1 aliphatic carbocycles. The lowest BCUT2D eigenvalue weighted by Gasteiger charge is -2.07. The van der Waals surface area contributed by atoms with Crippen LogP contribution in [-0.4, -0.2) is 17.4 Å². The summed E-state index contributed by atoms with van der Waals surface area (Å²) in [4.78, 5) is 16.3. The van der Waals surface area contributed by atoms with Gasteiger partial charge in [0.05, 0.1) is 0 Å². The predicted octanol–water partition coefficient (Wildman–Crippen LogP) is 5.60. The minimum atomic E-state index is -0.264. The number of fused-ring (bicyclic) bond motifs is 2. The van der Waals surface area contributed by atoms with Crippen molar-refractivity contribution in [3.63, 3.8) is 0 Å². The molecule has 0 atom stereocenters. The molecule has 0 fully saturated rings. The van der Waals surface area contributed by atoms with Gasteiger partial charge in [-0.25, -0.2) is 4.39 Å². The number of carbonyl (C=O) groups is 1. The van der Waals surface area contributed by atoms with Crippen LogP contribution < -0.4 is 5.32 Å². The lowest BCUT2D eigenvalue weighted by atomic mass is 10.0. The van der Waals surface area contributed by atoms with Crippen molar-refractivity contribution in [2.45, 2.75) is 6.42 Å². The van der Waals surface area contributed by atoms with Crippen molar-refractivity contribution < 1.29 is 9.18 Å². The van der Waals surface area contributed by atoms with Crippen LogP contribution in [0.25, 0.3) is 28.1 Å². The van der Waals surface area contributed by atoms with E-state index in [0.29, 0.717) is 12.1 Å². The molecule has 0 spiro atoms. The monoisotopic (exact) mass is 408 g/mol. The standard InChI is InChI=1S/C27H21FN2O/c28-21-11-9-18(10-12-21)15-20-16-25(24-7-2-1-5-22(20)24)27(31)29-14-13-19-17-30-26-8-4-3-6-23(19)26/h1-12,15-17,30H,13-14H2,(H,29,31)/b20-15+. The van der Waals surface area contributed by atoms with Crippen LogP contribution in [0, 0.1) is 5.82 Å². The molecule has 0 radical (unpaired) electrons. The highest BCUT2D eigenvalue weighted by Crippen LogP contribution is 2.36. The van der Waals surface area contributed by atoms with Crippen molar-refractivity contribution in [2.75, 3.05) is 6.54 Å². The average Bonchev–Trinajstić information content (AvgIpc) is 3.37. The van der Waals surface area contributed by atoms with E-state index in [9.17, 15) is 9.18 Å². The third-order valence-corrected chi connectivity index (χ3v) is 5.62. The summed E-state index contributed by atoms with van der Waals surface area (Å²) in [7, 11) is 0. The van der Waals surface area contributed by atoms with E-state index in [1.807, 2.05) is 60.8 Å². The van der Waals surface area contributed by atoms with E-state index in [0.717, 1.165) is 34.2 Å². The van der Waals surface area contributed by atoms with Crippen molar-refractivity contribution in [1.82, 2.24) is 10.3 Å². The number of hydrogen-bond donors (Lipinski definition) is 2. The van der Waals surface area contributed by atoms with Crippen molar-refractivity contribution in [3.05, 3.63) is 113 Å². The van der Waals surface area contributed by atoms with Crippen LogP contribution in [0.3, 0.4) is 0 Å². The number of H-pyrrole nitrogens is 1. The Morgan fingerprint density at radius 1 is 0.935 bits per heavy atom. The number of halogens is 1. The van der Waals surface area contributed by atoms with E-state index < -0.39 is 0 Å². The highest BCUT2D eigenvalue weighted by Gasteiger charge is 2.23. The van der Waals surface area contributed by atoms with Gasteiger partial charge < -0.3 is 10.3 Å². The first kappa shape index (κ1) is 19.1. The normalized spacial score (nSPS) is 14.0. The van der Waals surface area contributed by atoms with Gasteiger partial charge in [-0.1, -0.05) is 54.6 Å². The largest absolute Gasteiger partial charge is 0.361 e. The molecule has 152 valence electrons. The van der Waals surface area contributed by atoms with Crippen LogP contribution >= 0.6 is 0 Å². The van der Waals surface area contributed by atoms with Crippen LogP contribution in [0.1, 0.15) is 22.3 Å². The Morgan fingerprint density at radius 2 is 1.68 bits per heavy atom. The molecule has 1 aliphatic rings. The highest BCUT2D eigenvalue weighted by molar-refractivity contribution is 6.26. The van der Waals surface area contributed by atoms with Gasteiger partial charge in [-0.15, -0.1) is 0 Å². The smallest absolute Gasteiger partial charge is 0.251 e. The number of aromatic nitrogens is 1. The number of hydrogen-bond acceptors (Lipinski definition) is 1. The third-order valence-electron chi connectivity index (χ3n) is 5.62. The molecule has 31 heavy (non-hydrogen) atoms. The Labute approximate surface area is 179 Å². The Morgan fingerprint density at radius 3 is 2.52 bits per heavy atom. The summed E-state index contributed by atoms with van der Waals surface area (Å²) in [6.07, 6.45) is 6.65. The number of benzene rings is 3. The molecular weight excluding hydrogens is 387 g/mol. The lowest BCUT2D eigenvalue weighted by Crippen LogP contribution is -2.26. The maximum Gasteiger partial charge on any atom is 0.251 e. The molecule has 3 nitrogen and oxygen atoms in total. The summed E-state index contributed by atoms with van der Waals surface area (Å²) in [5, 5.41) is 4.25. The van der Waals surface area contributed by atoms with Crippen molar-refractivity contribution in [1.29, 1.82) is 0 Å². The van der Waals surface area contributed by atoms with Crippen LogP contribution in [0.4, 0.5) is 4.39 Å². The molecule has 0 unspecified atom stereocenters. The van der Waals surface area contributed by atoms with Crippen LogP contribution in [-0.2, 0) is 11.2 Å². The zero-order valence-electron chi connectivity index (χ0n) is 16.9. The molecule has 0 saturated carbocycles. The second kappa shape index (κ2) is 8.07. The van der Waals surface area contributed by atoms with Gasteiger partial charge in [-0.2, -0.15) is 0 Å². The number of para-hydroxylation sites is 1. The van der Waals surface area contributed by atoms with Gasteiger partial charge in [-0.3, -0.25) is 4.79 Å². The number of rotatable bonds is 5. The minimum absolute atomic E-state index is 0.0882. The first-order chi connectivity index (χ1) is 15.2. The van der Waals surface area contributed by atoms with Gasteiger partial charge in [0.25, 0.3) is 5.91 Å². The van der Waals surface area contributed by atoms with Gasteiger partial charge in [-0.05, 0) is 64.6 Å². The topological polar surface area (TPSA) is 44.9 Å². The van der Waals surface area contributed by atoms with E-state index >= 15 is 0 Å². The second-order valence-corrected chi connectivity index (χ2v) is 7.62. The summed E-state index contributed by atoms with van der Waals surface area (Å²) < 4.78 is 13.2. The van der Waals surface area contributed by atoms with E-state index in [1.165, 1.54) is 23.1 Å². The fourth-order valence-corrected chi connectivity index (χ4v) is 4.07. The number of carbonyl (C=O) groups excluding carboxylic acids is 1. The van der Waals surface area contributed by atoms with Crippen molar-refractivity contribution in [3.8, 4) is 0 Å². The van der Waals surface area contributed by atoms with Crippen molar-refractivity contribution in [2.24, 2.45) is 0 Å². The minimum Gasteiger partial charge on any atom is -0.361 e. The maximum atomic E-state index is 13.2. The summed E-state index contributed by atoms with van der Waals surface area (Å²) in [5.41, 5.74) is 6.71. The molecule has 4 aromatic rings. The summed E-state index contributed by atoms with van der Waals surface area (Å²) in [6.45, 7) is 0.553. The van der Waals surface area contributed by atoms with Gasteiger partial charge >= 0.3 is 0 Å². The van der Waals surface area contributed by atoms with E-state index in [1.54, 1.807) is 12.1 Å². The van der Waals surface area contributed by atoms with Crippen molar-refractivity contribution >= 4 is 34.0 Å². The number of nitrogens with one attached hydrogen (secondary N) is 2. The van der Waals surface area contributed by atoms with Crippen LogP contribution in [0.5, 0.6) is 0 Å². The van der Waals surface area contributed by atoms with E-state index in [2.05, 4.69) is 16.4 Å². The molecule has 1 heterocycles. The van der Waals surface area contributed by atoms with Gasteiger partial charge in [0.15, 0.2) is 0 Å². The second-order valence-electron chi connectivity index (χ2n) is 7.62. The fraction of sp³-hybridized carbons (Fsp3) is 0.0741.